The predicted octanol–water partition coefficient (Wildman–Crippen LogP) is 5.41. The van der Waals surface area contributed by atoms with Gasteiger partial charge in [-0.3, -0.25) is 0 Å². The van der Waals surface area contributed by atoms with Gasteiger partial charge in [-0.25, -0.2) is 22.8 Å². The molecule has 0 heterocycles. The van der Waals surface area contributed by atoms with Crippen LogP contribution in [0.5, 0.6) is 0 Å². The van der Waals surface area contributed by atoms with Gasteiger partial charge in [0.25, 0.3) is 0 Å². The minimum atomic E-state index is -2.74. The Kier molecular flexibility index (Phi) is 9.92. The summed E-state index contributed by atoms with van der Waals surface area (Å²) in [5.74, 6) is -2.00. The standard InChI is InChI=1S/C30H31F3NO4P/c1-5-19-37-28(35)27(34-29(36)38-30(2,3)4)18-20-39(24-12-6-21(31)7-13-24,25-14-8-22(32)9-15-25)26-16-10-23(33)11-17-26/h5-17,27H,1,18-20H2,2-4H3/p+1. The van der Waals surface area contributed by atoms with Crippen LogP contribution in [0, 0.1) is 17.5 Å². The molecule has 0 aliphatic heterocycles. The molecule has 3 aromatic rings. The van der Waals surface area contributed by atoms with Gasteiger partial charge in [0.05, 0.1) is 6.16 Å². The van der Waals surface area contributed by atoms with Crippen molar-refractivity contribution in [3.05, 3.63) is 103 Å². The normalized spacial score (nSPS) is 12.4. The zero-order valence-electron chi connectivity index (χ0n) is 22.1. The lowest BCUT2D eigenvalue weighted by molar-refractivity contribution is -0.145. The number of benzene rings is 3. The number of carbonyl (C=O) groups is 2. The highest BCUT2D eigenvalue weighted by molar-refractivity contribution is 7.95. The maximum absolute atomic E-state index is 14.0. The Hall–Kier alpha value is -3.64. The molecule has 39 heavy (non-hydrogen) atoms. The van der Waals surface area contributed by atoms with E-state index in [9.17, 15) is 22.8 Å². The molecule has 0 aromatic heterocycles. The average molecular weight is 559 g/mol. The minimum Gasteiger partial charge on any atom is -0.460 e. The molecule has 1 unspecified atom stereocenters. The molecule has 0 radical (unpaired) electrons. The maximum Gasteiger partial charge on any atom is 0.408 e. The maximum atomic E-state index is 14.0. The lowest BCUT2D eigenvalue weighted by Crippen LogP contribution is -2.46. The summed E-state index contributed by atoms with van der Waals surface area (Å²) < 4.78 is 52.6. The SMILES string of the molecule is C=CCOC(=O)C(CC[P+](c1ccc(F)cc1)(c1ccc(F)cc1)c1ccc(F)cc1)NC(=O)OC(C)(C)C. The molecule has 0 spiro atoms. The number of esters is 1. The van der Waals surface area contributed by atoms with Crippen LogP contribution in [0.2, 0.25) is 0 Å². The van der Waals surface area contributed by atoms with Gasteiger partial charge >= 0.3 is 12.1 Å². The number of hydrogen-bond acceptors (Lipinski definition) is 4. The molecule has 1 atom stereocenters. The van der Waals surface area contributed by atoms with Crippen LogP contribution >= 0.6 is 7.26 Å². The van der Waals surface area contributed by atoms with Crippen LogP contribution in [0.15, 0.2) is 85.5 Å². The number of rotatable bonds is 10. The van der Waals surface area contributed by atoms with Gasteiger partial charge in [0.1, 0.15) is 58.9 Å². The molecule has 1 amide bonds. The third kappa shape index (κ3) is 7.93. The van der Waals surface area contributed by atoms with E-state index in [1.165, 1.54) is 42.5 Å². The molecule has 0 bridgehead atoms. The average Bonchev–Trinajstić information content (AvgIpc) is 2.88. The molecular weight excluding hydrogens is 526 g/mol. The fourth-order valence-electron chi connectivity index (χ4n) is 4.18. The molecule has 0 saturated heterocycles. The predicted molar refractivity (Wildman–Crippen MR) is 149 cm³/mol. The van der Waals surface area contributed by atoms with E-state index in [1.54, 1.807) is 57.2 Å². The summed E-state index contributed by atoms with van der Waals surface area (Å²) >= 11 is 0. The van der Waals surface area contributed by atoms with Crippen molar-refractivity contribution in [3.63, 3.8) is 0 Å². The molecule has 3 aromatic carbocycles. The van der Waals surface area contributed by atoms with E-state index >= 15 is 0 Å². The molecule has 1 N–H and O–H groups in total. The Morgan fingerprint density at radius 3 is 1.62 bits per heavy atom. The van der Waals surface area contributed by atoms with Crippen molar-refractivity contribution in [2.24, 2.45) is 0 Å². The van der Waals surface area contributed by atoms with Gasteiger partial charge in [-0.2, -0.15) is 0 Å². The van der Waals surface area contributed by atoms with Crippen molar-refractivity contribution in [1.82, 2.24) is 5.32 Å². The number of carbonyl (C=O) groups excluding carboxylic acids is 2. The van der Waals surface area contributed by atoms with Gasteiger partial charge in [-0.05, 0) is 93.6 Å². The number of hydrogen-bond donors (Lipinski definition) is 1. The first-order valence-corrected chi connectivity index (χ1v) is 14.4. The Labute approximate surface area is 227 Å². The van der Waals surface area contributed by atoms with Crippen molar-refractivity contribution in [1.29, 1.82) is 0 Å². The summed E-state index contributed by atoms with van der Waals surface area (Å²) in [6, 6.07) is 16.7. The first kappa shape index (κ1) is 29.9. The van der Waals surface area contributed by atoms with Crippen LogP contribution in [-0.4, -0.2) is 36.5 Å². The lowest BCUT2D eigenvalue weighted by Gasteiger charge is -2.29. The monoisotopic (exact) mass is 558 g/mol. The topological polar surface area (TPSA) is 64.6 Å². The van der Waals surface area contributed by atoms with E-state index in [2.05, 4.69) is 11.9 Å². The smallest absolute Gasteiger partial charge is 0.408 e. The molecular formula is C30H32F3NO4P+. The van der Waals surface area contributed by atoms with Gasteiger partial charge in [0.2, 0.25) is 0 Å². The Bertz CT molecular complexity index is 1160. The van der Waals surface area contributed by atoms with Crippen LogP contribution in [0.25, 0.3) is 0 Å². The number of halogens is 3. The van der Waals surface area contributed by atoms with Crippen molar-refractivity contribution in [3.8, 4) is 0 Å². The summed E-state index contributed by atoms with van der Waals surface area (Å²) in [4.78, 5) is 25.6. The van der Waals surface area contributed by atoms with Gasteiger partial charge < -0.3 is 14.8 Å². The van der Waals surface area contributed by atoms with Crippen LogP contribution in [0.1, 0.15) is 27.2 Å². The van der Waals surface area contributed by atoms with E-state index in [-0.39, 0.29) is 19.2 Å². The Morgan fingerprint density at radius 1 is 0.846 bits per heavy atom. The molecule has 5 nitrogen and oxygen atoms in total. The van der Waals surface area contributed by atoms with Crippen molar-refractivity contribution >= 4 is 35.2 Å². The number of amides is 1. The second-order valence-electron chi connectivity index (χ2n) is 9.87. The van der Waals surface area contributed by atoms with Gasteiger partial charge in [0.15, 0.2) is 0 Å². The number of nitrogens with one attached hydrogen (secondary N) is 1. The largest absolute Gasteiger partial charge is 0.460 e. The molecule has 0 fully saturated rings. The fraction of sp³-hybridized carbons (Fsp3) is 0.267. The molecule has 9 heteroatoms. The number of ether oxygens (including phenoxy) is 2. The highest BCUT2D eigenvalue weighted by Crippen LogP contribution is 2.56. The highest BCUT2D eigenvalue weighted by Gasteiger charge is 2.46. The molecule has 0 aliphatic carbocycles. The summed E-state index contributed by atoms with van der Waals surface area (Å²) in [7, 11) is -2.74. The van der Waals surface area contributed by atoms with Crippen molar-refractivity contribution in [2.45, 2.75) is 38.8 Å². The van der Waals surface area contributed by atoms with E-state index in [4.69, 9.17) is 9.47 Å². The highest BCUT2D eigenvalue weighted by atomic mass is 31.2. The molecule has 0 aliphatic rings. The third-order valence-electron chi connectivity index (χ3n) is 5.87. The summed E-state index contributed by atoms with van der Waals surface area (Å²) in [5, 5.41) is 4.81. The third-order valence-corrected chi connectivity index (χ3v) is 10.3. The van der Waals surface area contributed by atoms with Crippen molar-refractivity contribution in [2.75, 3.05) is 12.8 Å². The second-order valence-corrected chi connectivity index (χ2v) is 13.5. The van der Waals surface area contributed by atoms with E-state index in [0.29, 0.717) is 0 Å². The molecule has 206 valence electrons. The Morgan fingerprint density at radius 2 is 1.26 bits per heavy atom. The number of alkyl carbamates (subject to hydrolysis) is 1. The molecule has 3 rings (SSSR count). The zero-order valence-corrected chi connectivity index (χ0v) is 23.0. The van der Waals surface area contributed by atoms with Gasteiger partial charge in [0, 0.05) is 6.42 Å². The van der Waals surface area contributed by atoms with Crippen LogP contribution in [0.4, 0.5) is 18.0 Å². The van der Waals surface area contributed by atoms with Crippen LogP contribution < -0.4 is 21.2 Å². The van der Waals surface area contributed by atoms with E-state index < -0.39 is 48.4 Å². The first-order valence-electron chi connectivity index (χ1n) is 12.4. The van der Waals surface area contributed by atoms with Crippen LogP contribution in [0.3, 0.4) is 0 Å². The fourth-order valence-corrected chi connectivity index (χ4v) is 8.47. The van der Waals surface area contributed by atoms with Crippen molar-refractivity contribution < 1.29 is 32.2 Å². The van der Waals surface area contributed by atoms with Gasteiger partial charge in [-0.1, -0.05) is 12.7 Å². The minimum absolute atomic E-state index is 0.0560. The van der Waals surface area contributed by atoms with Gasteiger partial charge in [-0.15, -0.1) is 0 Å². The summed E-state index contributed by atoms with van der Waals surface area (Å²) in [6.07, 6.45) is 0.988. The van der Waals surface area contributed by atoms with Crippen LogP contribution in [-0.2, 0) is 14.3 Å². The first-order chi connectivity index (χ1) is 18.4. The molecule has 0 saturated carbocycles. The van der Waals surface area contributed by atoms with E-state index in [1.807, 2.05) is 0 Å². The quantitative estimate of drug-likeness (QED) is 0.205. The Balaban J connectivity index is 2.12. The second kappa shape index (κ2) is 12.9. The lowest BCUT2D eigenvalue weighted by atomic mass is 10.2. The zero-order chi connectivity index (χ0) is 28.6. The van der Waals surface area contributed by atoms with E-state index in [0.717, 1.165) is 15.9 Å². The summed E-state index contributed by atoms with van der Waals surface area (Å²) in [5.41, 5.74) is -0.799. The summed E-state index contributed by atoms with van der Waals surface area (Å²) in [6.45, 7) is 8.60.